The van der Waals surface area contributed by atoms with Gasteiger partial charge in [-0.1, -0.05) is 30.3 Å². The van der Waals surface area contributed by atoms with Crippen LogP contribution in [0, 0.1) is 6.92 Å². The second-order valence-electron chi connectivity index (χ2n) is 7.36. The van der Waals surface area contributed by atoms with Crippen LogP contribution in [0.4, 0.5) is 0 Å². The first-order valence-electron chi connectivity index (χ1n) is 9.31. The van der Waals surface area contributed by atoms with Gasteiger partial charge in [0.2, 0.25) is 5.91 Å². The fraction of sp³-hybridized carbons (Fsp3) is 0.476. The van der Waals surface area contributed by atoms with Crippen LogP contribution in [0.25, 0.3) is 0 Å². The summed E-state index contributed by atoms with van der Waals surface area (Å²) in [5, 5.41) is 5.43. The summed E-state index contributed by atoms with van der Waals surface area (Å²) in [5.74, 6) is 0.112. The third-order valence-corrected chi connectivity index (χ3v) is 6.00. The van der Waals surface area contributed by atoms with Crippen molar-refractivity contribution in [2.24, 2.45) is 0 Å². The number of aryl methyl sites for hydroxylation is 1. The average molecular weight is 372 g/mol. The first kappa shape index (κ1) is 19.1. The molecule has 2 heterocycles. The average Bonchev–Trinajstić information content (AvgIpc) is 3.11. The molecule has 1 aliphatic heterocycles. The van der Waals surface area contributed by atoms with Crippen LogP contribution in [-0.4, -0.2) is 48.9 Å². The molecule has 0 spiro atoms. The van der Waals surface area contributed by atoms with Crippen LogP contribution in [-0.2, 0) is 11.3 Å². The normalized spacial score (nSPS) is 17.4. The Morgan fingerprint density at radius 2 is 1.96 bits per heavy atom. The van der Waals surface area contributed by atoms with E-state index in [1.165, 1.54) is 4.88 Å². The van der Waals surface area contributed by atoms with E-state index < -0.39 is 0 Å². The summed E-state index contributed by atoms with van der Waals surface area (Å²) in [6, 6.07) is 12.5. The number of likely N-dealkylation sites (N-methyl/N-ethyl adjacent to an activating group) is 1. The number of hydrogen-bond donors (Lipinski definition) is 1. The molecule has 5 heteroatoms. The number of piperidine rings is 1. The van der Waals surface area contributed by atoms with Gasteiger partial charge in [0.1, 0.15) is 6.04 Å². The van der Waals surface area contributed by atoms with Gasteiger partial charge >= 0.3 is 0 Å². The number of hydrogen-bond acceptors (Lipinski definition) is 4. The van der Waals surface area contributed by atoms with Crippen LogP contribution in [0.3, 0.4) is 0 Å². The Hall–Kier alpha value is -1.69. The van der Waals surface area contributed by atoms with Gasteiger partial charge in [0.15, 0.2) is 0 Å². The standard InChI is InChI=1S/C21H29N3OS/c1-16-7-4-5-9-19(16)20(23(2)3)21(25)22-17-10-12-24(13-11-17)15-18-8-6-14-26-18/h4-9,14,17,20H,10-13,15H2,1-3H3,(H,22,25)/t20-/m0/s1. The third-order valence-electron chi connectivity index (χ3n) is 5.14. The predicted octanol–water partition coefficient (Wildman–Crippen LogP) is 3.44. The monoisotopic (exact) mass is 371 g/mol. The van der Waals surface area contributed by atoms with E-state index in [-0.39, 0.29) is 18.0 Å². The summed E-state index contributed by atoms with van der Waals surface area (Å²) in [6.45, 7) is 5.18. The number of thiophene rings is 1. The molecule has 1 fully saturated rings. The Kier molecular flexibility index (Phi) is 6.46. The SMILES string of the molecule is Cc1ccccc1[C@@H](C(=O)NC1CCN(Cc2cccs2)CC1)N(C)C. The maximum atomic E-state index is 13.0. The molecule has 4 nitrogen and oxygen atoms in total. The largest absolute Gasteiger partial charge is 0.352 e. The molecule has 2 aromatic rings. The molecule has 1 N–H and O–H groups in total. The molecular weight excluding hydrogens is 342 g/mol. The van der Waals surface area contributed by atoms with Gasteiger partial charge < -0.3 is 5.32 Å². The van der Waals surface area contributed by atoms with E-state index in [2.05, 4.69) is 46.8 Å². The Bertz CT molecular complexity index is 706. The molecule has 1 aromatic carbocycles. The van der Waals surface area contributed by atoms with Crippen LogP contribution in [0.1, 0.15) is 34.9 Å². The second kappa shape index (κ2) is 8.80. The number of carbonyl (C=O) groups excluding carboxylic acids is 1. The Morgan fingerprint density at radius 3 is 2.58 bits per heavy atom. The highest BCUT2D eigenvalue weighted by molar-refractivity contribution is 7.09. The maximum absolute atomic E-state index is 13.0. The highest BCUT2D eigenvalue weighted by atomic mass is 32.1. The summed E-state index contributed by atoms with van der Waals surface area (Å²) in [6.07, 6.45) is 2.04. The van der Waals surface area contributed by atoms with Crippen molar-refractivity contribution in [3.63, 3.8) is 0 Å². The van der Waals surface area contributed by atoms with E-state index in [9.17, 15) is 4.79 Å². The maximum Gasteiger partial charge on any atom is 0.242 e. The number of nitrogens with one attached hydrogen (secondary N) is 1. The smallest absolute Gasteiger partial charge is 0.242 e. The van der Waals surface area contributed by atoms with Crippen LogP contribution in [0.2, 0.25) is 0 Å². The number of amides is 1. The van der Waals surface area contributed by atoms with Crippen molar-refractivity contribution in [3.8, 4) is 0 Å². The van der Waals surface area contributed by atoms with Crippen LogP contribution in [0.5, 0.6) is 0 Å². The van der Waals surface area contributed by atoms with Crippen molar-refractivity contribution in [2.75, 3.05) is 27.2 Å². The summed E-state index contributed by atoms with van der Waals surface area (Å²) in [5.41, 5.74) is 2.25. The van der Waals surface area contributed by atoms with Crippen molar-refractivity contribution in [1.82, 2.24) is 15.1 Å². The molecule has 26 heavy (non-hydrogen) atoms. The Labute approximate surface area is 160 Å². The van der Waals surface area contributed by atoms with Crippen molar-refractivity contribution >= 4 is 17.2 Å². The van der Waals surface area contributed by atoms with E-state index in [1.54, 1.807) is 0 Å². The van der Waals surface area contributed by atoms with Crippen molar-refractivity contribution < 1.29 is 4.79 Å². The minimum atomic E-state index is -0.236. The Morgan fingerprint density at radius 1 is 1.23 bits per heavy atom. The Balaban J connectivity index is 1.56. The number of rotatable bonds is 6. The van der Waals surface area contributed by atoms with Gasteiger partial charge in [0.25, 0.3) is 0 Å². The van der Waals surface area contributed by atoms with E-state index in [0.717, 1.165) is 43.6 Å². The summed E-state index contributed by atoms with van der Waals surface area (Å²) in [7, 11) is 3.95. The zero-order valence-corrected chi connectivity index (χ0v) is 16.8. The number of benzene rings is 1. The van der Waals surface area contributed by atoms with Gasteiger partial charge in [0.05, 0.1) is 0 Å². The molecule has 0 radical (unpaired) electrons. The highest BCUT2D eigenvalue weighted by Crippen LogP contribution is 2.23. The van der Waals surface area contributed by atoms with Crippen LogP contribution in [0.15, 0.2) is 41.8 Å². The lowest BCUT2D eigenvalue weighted by Crippen LogP contribution is -2.47. The fourth-order valence-corrected chi connectivity index (χ4v) is 4.43. The fourth-order valence-electron chi connectivity index (χ4n) is 3.69. The molecule has 0 saturated carbocycles. The first-order chi connectivity index (χ1) is 12.5. The lowest BCUT2D eigenvalue weighted by molar-refractivity contribution is -0.126. The van der Waals surface area contributed by atoms with Gasteiger partial charge in [-0.2, -0.15) is 0 Å². The van der Waals surface area contributed by atoms with E-state index in [1.807, 2.05) is 42.5 Å². The zero-order chi connectivity index (χ0) is 18.5. The molecule has 0 aliphatic carbocycles. The predicted molar refractivity (Wildman–Crippen MR) is 108 cm³/mol. The molecule has 1 amide bonds. The lowest BCUT2D eigenvalue weighted by atomic mass is 9.98. The van der Waals surface area contributed by atoms with Crippen molar-refractivity contribution in [1.29, 1.82) is 0 Å². The minimum absolute atomic E-state index is 0.112. The minimum Gasteiger partial charge on any atom is -0.352 e. The number of nitrogens with zero attached hydrogens (tertiary/aromatic N) is 2. The van der Waals surface area contributed by atoms with Gasteiger partial charge in [-0.3, -0.25) is 14.6 Å². The van der Waals surface area contributed by atoms with Gasteiger partial charge in [-0.15, -0.1) is 11.3 Å². The molecule has 1 atom stereocenters. The molecule has 1 saturated heterocycles. The van der Waals surface area contributed by atoms with Crippen LogP contribution >= 0.6 is 11.3 Å². The first-order valence-corrected chi connectivity index (χ1v) is 10.2. The molecule has 0 unspecified atom stereocenters. The highest BCUT2D eigenvalue weighted by Gasteiger charge is 2.28. The molecular formula is C21H29N3OS. The molecule has 0 bridgehead atoms. The number of likely N-dealkylation sites (tertiary alicyclic amines) is 1. The molecule has 1 aromatic heterocycles. The number of carbonyl (C=O) groups is 1. The second-order valence-corrected chi connectivity index (χ2v) is 8.39. The summed E-state index contributed by atoms with van der Waals surface area (Å²) < 4.78 is 0. The molecule has 1 aliphatic rings. The summed E-state index contributed by atoms with van der Waals surface area (Å²) in [4.78, 5) is 18.9. The van der Waals surface area contributed by atoms with E-state index in [4.69, 9.17) is 0 Å². The van der Waals surface area contributed by atoms with E-state index >= 15 is 0 Å². The van der Waals surface area contributed by atoms with Gasteiger partial charge in [-0.25, -0.2) is 0 Å². The van der Waals surface area contributed by atoms with Gasteiger partial charge in [0, 0.05) is 30.6 Å². The quantitative estimate of drug-likeness (QED) is 0.845. The van der Waals surface area contributed by atoms with Crippen LogP contribution < -0.4 is 5.32 Å². The van der Waals surface area contributed by atoms with Crippen molar-refractivity contribution in [3.05, 3.63) is 57.8 Å². The van der Waals surface area contributed by atoms with Gasteiger partial charge in [-0.05, 0) is 56.4 Å². The third kappa shape index (κ3) is 4.72. The molecule has 3 rings (SSSR count). The lowest BCUT2D eigenvalue weighted by Gasteiger charge is -2.34. The zero-order valence-electron chi connectivity index (χ0n) is 15.9. The van der Waals surface area contributed by atoms with E-state index in [0.29, 0.717) is 0 Å². The molecule has 140 valence electrons. The van der Waals surface area contributed by atoms with Crippen molar-refractivity contribution in [2.45, 2.75) is 38.4 Å². The summed E-state index contributed by atoms with van der Waals surface area (Å²) >= 11 is 1.82. The topological polar surface area (TPSA) is 35.6 Å².